The summed E-state index contributed by atoms with van der Waals surface area (Å²) in [5.74, 6) is 2.20. The lowest BCUT2D eigenvalue weighted by Crippen LogP contribution is -2.41. The van der Waals surface area contributed by atoms with Crippen molar-refractivity contribution in [2.45, 2.75) is 57.8 Å². The highest BCUT2D eigenvalue weighted by Gasteiger charge is 2.54. The molecule has 1 aliphatic carbocycles. The van der Waals surface area contributed by atoms with Crippen molar-refractivity contribution in [3.63, 3.8) is 0 Å². The lowest BCUT2D eigenvalue weighted by molar-refractivity contribution is 0.203. The first kappa shape index (κ1) is 15.3. The maximum Gasteiger partial charge on any atom is 0.317 e. The molecule has 0 unspecified atom stereocenters. The molecule has 1 saturated heterocycles. The van der Waals surface area contributed by atoms with E-state index in [2.05, 4.69) is 36.2 Å². The second-order valence-corrected chi connectivity index (χ2v) is 6.97. The van der Waals surface area contributed by atoms with Crippen LogP contribution in [-0.4, -0.2) is 40.7 Å². The van der Waals surface area contributed by atoms with Crippen molar-refractivity contribution in [1.29, 1.82) is 0 Å². The van der Waals surface area contributed by atoms with Crippen LogP contribution in [0.15, 0.2) is 4.52 Å². The van der Waals surface area contributed by atoms with Crippen molar-refractivity contribution in [3.05, 3.63) is 11.7 Å². The number of nitrogens with zero attached hydrogens (tertiary/aromatic N) is 3. The highest BCUT2D eigenvalue weighted by Crippen LogP contribution is 2.49. The lowest BCUT2D eigenvalue weighted by atomic mass is 9.80. The third-order valence-electron chi connectivity index (χ3n) is 5.07. The Kier molecular flexibility index (Phi) is 4.10. The molecule has 2 fully saturated rings. The predicted octanol–water partition coefficient (Wildman–Crippen LogP) is 2.67. The minimum atomic E-state index is -0.0970. The molecule has 2 heterocycles. The van der Waals surface area contributed by atoms with Gasteiger partial charge < -0.3 is 14.7 Å². The summed E-state index contributed by atoms with van der Waals surface area (Å²) in [4.78, 5) is 18.9. The Hall–Kier alpha value is -1.59. The summed E-state index contributed by atoms with van der Waals surface area (Å²) in [7, 11) is 0. The average molecular weight is 306 g/mol. The third-order valence-corrected chi connectivity index (χ3v) is 5.07. The van der Waals surface area contributed by atoms with Crippen LogP contribution in [0.5, 0.6) is 0 Å². The van der Waals surface area contributed by atoms with Gasteiger partial charge in [-0.2, -0.15) is 4.98 Å². The molecule has 6 heteroatoms. The molecule has 22 heavy (non-hydrogen) atoms. The van der Waals surface area contributed by atoms with Gasteiger partial charge in [-0.05, 0) is 25.2 Å². The first-order valence-electron chi connectivity index (χ1n) is 8.43. The summed E-state index contributed by atoms with van der Waals surface area (Å²) in [5, 5.41) is 7.24. The first-order valence-corrected chi connectivity index (χ1v) is 8.43. The van der Waals surface area contributed by atoms with Gasteiger partial charge in [-0.3, -0.25) is 0 Å². The van der Waals surface area contributed by atoms with E-state index in [9.17, 15) is 4.79 Å². The number of fused-ring (bicyclic) bond motifs is 1. The van der Waals surface area contributed by atoms with Crippen LogP contribution >= 0.6 is 0 Å². The van der Waals surface area contributed by atoms with Gasteiger partial charge >= 0.3 is 6.03 Å². The van der Waals surface area contributed by atoms with Crippen LogP contribution in [0.3, 0.4) is 0 Å². The van der Waals surface area contributed by atoms with E-state index in [1.165, 1.54) is 6.42 Å². The number of likely N-dealkylation sites (tertiary alicyclic amines) is 1. The number of nitrogens with one attached hydrogen (secondary N) is 1. The summed E-state index contributed by atoms with van der Waals surface area (Å²) in [6.45, 7) is 8.42. The van der Waals surface area contributed by atoms with Gasteiger partial charge in [0, 0.05) is 25.6 Å². The fourth-order valence-corrected chi connectivity index (χ4v) is 3.83. The molecule has 0 radical (unpaired) electrons. The van der Waals surface area contributed by atoms with Crippen molar-refractivity contribution in [3.8, 4) is 0 Å². The topological polar surface area (TPSA) is 71.3 Å². The lowest BCUT2D eigenvalue weighted by Gasteiger charge is -2.24. The van der Waals surface area contributed by atoms with Crippen LogP contribution in [0, 0.1) is 5.92 Å². The molecule has 0 bridgehead atoms. The second-order valence-electron chi connectivity index (χ2n) is 6.97. The number of amides is 2. The second kappa shape index (κ2) is 5.89. The maximum absolute atomic E-state index is 12.3. The average Bonchev–Trinajstić information content (AvgIpc) is 3.16. The Morgan fingerprint density at radius 2 is 2.36 bits per heavy atom. The van der Waals surface area contributed by atoms with Crippen LogP contribution < -0.4 is 5.32 Å². The minimum Gasteiger partial charge on any atom is -0.339 e. The summed E-state index contributed by atoms with van der Waals surface area (Å²) in [6.07, 6.45) is 4.33. The van der Waals surface area contributed by atoms with Crippen molar-refractivity contribution >= 4 is 6.03 Å². The molecule has 1 N–H and O–H groups in total. The summed E-state index contributed by atoms with van der Waals surface area (Å²) in [5.41, 5.74) is -0.0970. The fraction of sp³-hybridized carbons (Fsp3) is 0.812. The molecule has 1 saturated carbocycles. The van der Waals surface area contributed by atoms with Crippen LogP contribution in [0.4, 0.5) is 4.79 Å². The van der Waals surface area contributed by atoms with E-state index in [1.54, 1.807) is 0 Å². The highest BCUT2D eigenvalue weighted by atomic mass is 16.5. The van der Waals surface area contributed by atoms with Gasteiger partial charge in [-0.1, -0.05) is 32.3 Å². The summed E-state index contributed by atoms with van der Waals surface area (Å²) in [6, 6.07) is 0.0446. The first-order chi connectivity index (χ1) is 10.6. The normalized spacial score (nSPS) is 27.5. The van der Waals surface area contributed by atoms with E-state index in [0.717, 1.165) is 38.2 Å². The number of aromatic nitrogens is 2. The molecule has 2 aliphatic rings. The van der Waals surface area contributed by atoms with E-state index in [1.807, 2.05) is 4.90 Å². The number of rotatable bonds is 4. The maximum atomic E-state index is 12.3. The number of urea groups is 1. The molecule has 122 valence electrons. The van der Waals surface area contributed by atoms with E-state index < -0.39 is 0 Å². The number of carbonyl (C=O) groups is 1. The largest absolute Gasteiger partial charge is 0.339 e. The van der Waals surface area contributed by atoms with E-state index in [0.29, 0.717) is 18.4 Å². The Morgan fingerprint density at radius 1 is 1.55 bits per heavy atom. The van der Waals surface area contributed by atoms with Gasteiger partial charge in [0.25, 0.3) is 0 Å². The molecule has 2 atom stereocenters. The molecule has 2 amide bonds. The van der Waals surface area contributed by atoms with Crippen molar-refractivity contribution in [2.24, 2.45) is 5.92 Å². The molecule has 3 rings (SSSR count). The molecule has 1 aromatic rings. The quantitative estimate of drug-likeness (QED) is 0.928. The number of hydrogen-bond donors (Lipinski definition) is 1. The number of carbonyl (C=O) groups excluding carboxylic acids is 1. The Balaban J connectivity index is 1.80. The fourth-order valence-electron chi connectivity index (χ4n) is 3.83. The summed E-state index contributed by atoms with van der Waals surface area (Å²) >= 11 is 0. The molecule has 0 spiro atoms. The smallest absolute Gasteiger partial charge is 0.317 e. The van der Waals surface area contributed by atoms with E-state index >= 15 is 0 Å². The SMILES string of the molecule is CCCNC(=O)N1C[C@H]2CCC[C@@]2(c2noc(C(C)C)n2)C1. The Labute approximate surface area is 131 Å². The molecular formula is C16H26N4O2. The Bertz CT molecular complexity index is 542. The van der Waals surface area contributed by atoms with Crippen LogP contribution in [0.2, 0.25) is 0 Å². The van der Waals surface area contributed by atoms with Crippen molar-refractivity contribution in [1.82, 2.24) is 20.4 Å². The zero-order valence-corrected chi connectivity index (χ0v) is 13.8. The van der Waals surface area contributed by atoms with Crippen LogP contribution in [0.25, 0.3) is 0 Å². The van der Waals surface area contributed by atoms with E-state index in [4.69, 9.17) is 4.52 Å². The van der Waals surface area contributed by atoms with Gasteiger partial charge in [-0.15, -0.1) is 0 Å². The van der Waals surface area contributed by atoms with Gasteiger partial charge in [0.1, 0.15) is 0 Å². The van der Waals surface area contributed by atoms with Crippen LogP contribution in [-0.2, 0) is 5.41 Å². The minimum absolute atomic E-state index is 0.0446. The van der Waals surface area contributed by atoms with Crippen molar-refractivity contribution in [2.75, 3.05) is 19.6 Å². The third kappa shape index (κ3) is 2.48. The molecule has 1 aromatic heterocycles. The monoisotopic (exact) mass is 306 g/mol. The van der Waals surface area contributed by atoms with E-state index in [-0.39, 0.29) is 17.4 Å². The number of hydrogen-bond acceptors (Lipinski definition) is 4. The van der Waals surface area contributed by atoms with Gasteiger partial charge in [-0.25, -0.2) is 4.79 Å². The molecule has 6 nitrogen and oxygen atoms in total. The van der Waals surface area contributed by atoms with Crippen LogP contribution in [0.1, 0.15) is 64.1 Å². The predicted molar refractivity (Wildman–Crippen MR) is 82.7 cm³/mol. The zero-order valence-electron chi connectivity index (χ0n) is 13.8. The van der Waals surface area contributed by atoms with Gasteiger partial charge in [0.05, 0.1) is 5.41 Å². The zero-order chi connectivity index (χ0) is 15.7. The molecule has 0 aromatic carbocycles. The highest BCUT2D eigenvalue weighted by molar-refractivity contribution is 5.74. The Morgan fingerprint density at radius 3 is 3.05 bits per heavy atom. The standard InChI is InChI=1S/C16H26N4O2/c1-4-8-17-15(21)20-9-12-6-5-7-16(12,10-20)14-18-13(11(2)3)22-19-14/h11-12H,4-10H2,1-3H3,(H,17,21)/t12-,16-/m1/s1. The molecule has 1 aliphatic heterocycles. The summed E-state index contributed by atoms with van der Waals surface area (Å²) < 4.78 is 5.42. The van der Waals surface area contributed by atoms with Gasteiger partial charge in [0.2, 0.25) is 5.89 Å². The molecular weight excluding hydrogens is 280 g/mol. The van der Waals surface area contributed by atoms with Gasteiger partial charge in [0.15, 0.2) is 5.82 Å². The van der Waals surface area contributed by atoms with Crippen molar-refractivity contribution < 1.29 is 9.32 Å².